The lowest BCUT2D eigenvalue weighted by Gasteiger charge is -1.99. The first-order chi connectivity index (χ1) is 5.27. The lowest BCUT2D eigenvalue weighted by molar-refractivity contribution is -0.425. The fourth-order valence-corrected chi connectivity index (χ4v) is 1.67. The number of quaternary nitrogens is 1. The molecule has 0 heterocycles. The van der Waals surface area contributed by atoms with E-state index in [-0.39, 0.29) is 5.82 Å². The van der Waals surface area contributed by atoms with Crippen molar-refractivity contribution in [1.82, 2.24) is 0 Å². The molecule has 1 atom stereocenters. The van der Waals surface area contributed by atoms with Gasteiger partial charge < -0.3 is 5.73 Å². The number of aryl methyl sites for hydroxylation is 1. The third-order valence-electron chi connectivity index (χ3n) is 2.31. The van der Waals surface area contributed by atoms with Gasteiger partial charge in [-0.25, -0.2) is 4.39 Å². The summed E-state index contributed by atoms with van der Waals surface area (Å²) in [7, 11) is 0. The average Bonchev–Trinajstić information content (AvgIpc) is 2.32. The van der Waals surface area contributed by atoms with Crippen LogP contribution in [0, 0.1) is 5.82 Å². The van der Waals surface area contributed by atoms with Gasteiger partial charge in [0.15, 0.2) is 0 Å². The van der Waals surface area contributed by atoms with Crippen LogP contribution < -0.4 is 5.73 Å². The SMILES string of the molecule is [NH3+][C@@H]1CCc2cc(F)ccc21. The summed E-state index contributed by atoms with van der Waals surface area (Å²) in [5.41, 5.74) is 6.36. The number of benzene rings is 1. The van der Waals surface area contributed by atoms with Gasteiger partial charge in [0.2, 0.25) is 0 Å². The molecule has 0 radical (unpaired) electrons. The van der Waals surface area contributed by atoms with Crippen LogP contribution in [-0.2, 0) is 6.42 Å². The molecule has 0 bridgehead atoms. The van der Waals surface area contributed by atoms with Crippen molar-refractivity contribution >= 4 is 0 Å². The lowest BCUT2D eigenvalue weighted by atomic mass is 10.1. The zero-order valence-electron chi connectivity index (χ0n) is 6.31. The summed E-state index contributed by atoms with van der Waals surface area (Å²) in [5, 5.41) is 0. The molecule has 0 unspecified atom stereocenters. The van der Waals surface area contributed by atoms with Gasteiger partial charge in [-0.1, -0.05) is 0 Å². The quantitative estimate of drug-likeness (QED) is 0.575. The first kappa shape index (κ1) is 6.80. The largest absolute Gasteiger partial charge is 0.351 e. The van der Waals surface area contributed by atoms with Crippen molar-refractivity contribution in [3.8, 4) is 0 Å². The topological polar surface area (TPSA) is 27.6 Å². The standard InChI is InChI=1S/C9H10FN/c10-7-2-3-8-6(5-7)1-4-9(8)11/h2-3,5,9H,1,4,11H2/p+1/t9-/m1/s1. The van der Waals surface area contributed by atoms with E-state index >= 15 is 0 Å². The Morgan fingerprint density at radius 2 is 2.27 bits per heavy atom. The molecule has 1 nitrogen and oxygen atoms in total. The highest BCUT2D eigenvalue weighted by atomic mass is 19.1. The minimum absolute atomic E-state index is 0.127. The van der Waals surface area contributed by atoms with Crippen LogP contribution in [0.2, 0.25) is 0 Å². The minimum atomic E-state index is -0.127. The third kappa shape index (κ3) is 1.03. The van der Waals surface area contributed by atoms with Crippen molar-refractivity contribution in [3.05, 3.63) is 35.1 Å². The molecular formula is C9H11FN+. The Kier molecular flexibility index (Phi) is 1.43. The highest BCUT2D eigenvalue weighted by molar-refractivity contribution is 5.33. The fraction of sp³-hybridized carbons (Fsp3) is 0.333. The van der Waals surface area contributed by atoms with E-state index in [4.69, 9.17) is 0 Å². The second-order valence-corrected chi connectivity index (χ2v) is 3.08. The smallest absolute Gasteiger partial charge is 0.123 e. The summed E-state index contributed by atoms with van der Waals surface area (Å²) in [6, 6.07) is 5.38. The Labute approximate surface area is 65.0 Å². The molecule has 1 aromatic carbocycles. The predicted molar refractivity (Wildman–Crippen MR) is 40.4 cm³/mol. The molecule has 1 aliphatic rings. The van der Waals surface area contributed by atoms with Gasteiger partial charge in [0.1, 0.15) is 11.9 Å². The summed E-state index contributed by atoms with van der Waals surface area (Å²) in [5.74, 6) is -0.127. The highest BCUT2D eigenvalue weighted by Gasteiger charge is 2.21. The summed E-state index contributed by atoms with van der Waals surface area (Å²) in [6.07, 6.45) is 2.06. The van der Waals surface area contributed by atoms with Crippen LogP contribution in [0.3, 0.4) is 0 Å². The van der Waals surface area contributed by atoms with E-state index in [2.05, 4.69) is 5.73 Å². The molecule has 2 heteroatoms. The van der Waals surface area contributed by atoms with Crippen molar-refractivity contribution in [2.45, 2.75) is 18.9 Å². The zero-order chi connectivity index (χ0) is 7.84. The van der Waals surface area contributed by atoms with Gasteiger partial charge >= 0.3 is 0 Å². The molecule has 2 rings (SSSR count). The molecule has 1 aliphatic carbocycles. The van der Waals surface area contributed by atoms with Crippen molar-refractivity contribution in [2.24, 2.45) is 0 Å². The van der Waals surface area contributed by atoms with Gasteiger partial charge in [0.25, 0.3) is 0 Å². The maximum Gasteiger partial charge on any atom is 0.123 e. The van der Waals surface area contributed by atoms with Crippen LogP contribution in [0.1, 0.15) is 23.6 Å². The molecule has 0 aliphatic heterocycles. The van der Waals surface area contributed by atoms with E-state index in [9.17, 15) is 4.39 Å². The monoisotopic (exact) mass is 152 g/mol. The Balaban J connectivity index is 2.50. The number of rotatable bonds is 0. The molecule has 3 N–H and O–H groups in total. The number of hydrogen-bond donors (Lipinski definition) is 1. The van der Waals surface area contributed by atoms with Crippen LogP contribution in [-0.4, -0.2) is 0 Å². The van der Waals surface area contributed by atoms with Crippen LogP contribution in [0.25, 0.3) is 0 Å². The number of fused-ring (bicyclic) bond motifs is 1. The normalized spacial score (nSPS) is 21.8. The molecule has 11 heavy (non-hydrogen) atoms. The van der Waals surface area contributed by atoms with Crippen molar-refractivity contribution in [3.63, 3.8) is 0 Å². The molecule has 58 valence electrons. The molecule has 0 saturated heterocycles. The van der Waals surface area contributed by atoms with Gasteiger partial charge in [-0.15, -0.1) is 0 Å². The van der Waals surface area contributed by atoms with E-state index in [0.717, 1.165) is 18.4 Å². The van der Waals surface area contributed by atoms with Crippen LogP contribution >= 0.6 is 0 Å². The van der Waals surface area contributed by atoms with E-state index < -0.39 is 0 Å². The summed E-state index contributed by atoms with van der Waals surface area (Å²) in [6.45, 7) is 0. The first-order valence-corrected chi connectivity index (χ1v) is 3.89. The van der Waals surface area contributed by atoms with E-state index in [0.29, 0.717) is 6.04 Å². The lowest BCUT2D eigenvalue weighted by Crippen LogP contribution is -2.52. The zero-order valence-corrected chi connectivity index (χ0v) is 6.31. The Hall–Kier alpha value is -0.890. The maximum atomic E-state index is 12.7. The molecule has 0 spiro atoms. The number of halogens is 1. The molecule has 0 fully saturated rings. The number of hydrogen-bond acceptors (Lipinski definition) is 0. The molecular weight excluding hydrogens is 141 g/mol. The van der Waals surface area contributed by atoms with Gasteiger partial charge in [-0.2, -0.15) is 0 Å². The Bertz CT molecular complexity index is 283. The second-order valence-electron chi connectivity index (χ2n) is 3.08. The minimum Gasteiger partial charge on any atom is -0.351 e. The van der Waals surface area contributed by atoms with E-state index in [1.807, 2.05) is 6.07 Å². The van der Waals surface area contributed by atoms with Crippen LogP contribution in [0.4, 0.5) is 4.39 Å². The summed E-state index contributed by atoms with van der Waals surface area (Å²) >= 11 is 0. The van der Waals surface area contributed by atoms with E-state index in [1.54, 1.807) is 6.07 Å². The molecule has 0 aromatic heterocycles. The van der Waals surface area contributed by atoms with Crippen molar-refractivity contribution in [2.75, 3.05) is 0 Å². The first-order valence-electron chi connectivity index (χ1n) is 3.89. The summed E-state index contributed by atoms with van der Waals surface area (Å²) in [4.78, 5) is 0. The molecule has 0 saturated carbocycles. The van der Waals surface area contributed by atoms with Gasteiger partial charge in [0.05, 0.1) is 0 Å². The Morgan fingerprint density at radius 1 is 1.45 bits per heavy atom. The predicted octanol–water partition coefficient (Wildman–Crippen LogP) is 1.05. The maximum absolute atomic E-state index is 12.7. The van der Waals surface area contributed by atoms with Crippen LogP contribution in [0.5, 0.6) is 0 Å². The van der Waals surface area contributed by atoms with Gasteiger partial charge in [0, 0.05) is 12.0 Å². The third-order valence-corrected chi connectivity index (χ3v) is 2.31. The van der Waals surface area contributed by atoms with Gasteiger partial charge in [-0.3, -0.25) is 0 Å². The second kappa shape index (κ2) is 2.31. The molecule has 0 amide bonds. The van der Waals surface area contributed by atoms with E-state index in [1.165, 1.54) is 11.6 Å². The van der Waals surface area contributed by atoms with Crippen LogP contribution in [0.15, 0.2) is 18.2 Å². The van der Waals surface area contributed by atoms with Crippen molar-refractivity contribution in [1.29, 1.82) is 0 Å². The molecule has 1 aromatic rings. The Morgan fingerprint density at radius 3 is 3.09 bits per heavy atom. The summed E-state index contributed by atoms with van der Waals surface area (Å²) < 4.78 is 12.7. The highest BCUT2D eigenvalue weighted by Crippen LogP contribution is 2.27. The van der Waals surface area contributed by atoms with Crippen molar-refractivity contribution < 1.29 is 10.1 Å². The average molecular weight is 152 g/mol. The fourth-order valence-electron chi connectivity index (χ4n) is 1.67. The van der Waals surface area contributed by atoms with Gasteiger partial charge in [-0.05, 0) is 30.2 Å².